The molecule has 0 N–H and O–H groups in total. The molecule has 0 aliphatic carbocycles. The summed E-state index contributed by atoms with van der Waals surface area (Å²) in [6.07, 6.45) is 0. The van der Waals surface area contributed by atoms with Crippen molar-refractivity contribution in [2.75, 3.05) is 13.1 Å². The zero-order valence-electron chi connectivity index (χ0n) is 12.4. The third-order valence-electron chi connectivity index (χ3n) is 3.44. The summed E-state index contributed by atoms with van der Waals surface area (Å²) in [6, 6.07) is 7.75. The smallest absolute Gasteiger partial charge is 0.253 e. The fourth-order valence-electron chi connectivity index (χ4n) is 2.07. The van der Waals surface area contributed by atoms with E-state index in [0.717, 1.165) is 34.9 Å². The molecule has 0 aliphatic heterocycles. The van der Waals surface area contributed by atoms with Gasteiger partial charge in [-0.05, 0) is 39.8 Å². The number of thiazole rings is 1. The standard InChI is InChI=1S/C16H20N2OS/c1-5-18(6-2)16(19)14-9-7-8-13(10-14)15-17-11(3)12(4)20-15/h7-10H,5-6H2,1-4H3. The molecule has 20 heavy (non-hydrogen) atoms. The van der Waals surface area contributed by atoms with Crippen molar-refractivity contribution >= 4 is 17.2 Å². The van der Waals surface area contributed by atoms with Gasteiger partial charge in [0.05, 0.1) is 5.69 Å². The Labute approximate surface area is 124 Å². The molecule has 1 aromatic heterocycles. The monoisotopic (exact) mass is 288 g/mol. The maximum atomic E-state index is 12.4. The summed E-state index contributed by atoms with van der Waals surface area (Å²) in [5.74, 6) is 0.0850. The van der Waals surface area contributed by atoms with Crippen LogP contribution in [0, 0.1) is 13.8 Å². The largest absolute Gasteiger partial charge is 0.339 e. The van der Waals surface area contributed by atoms with E-state index < -0.39 is 0 Å². The van der Waals surface area contributed by atoms with E-state index in [0.29, 0.717) is 0 Å². The number of carbonyl (C=O) groups is 1. The quantitative estimate of drug-likeness (QED) is 0.854. The summed E-state index contributed by atoms with van der Waals surface area (Å²) in [4.78, 5) is 20.0. The molecule has 0 bridgehead atoms. The fraction of sp³-hybridized carbons (Fsp3) is 0.375. The molecule has 0 spiro atoms. The molecule has 1 aromatic carbocycles. The normalized spacial score (nSPS) is 10.6. The Balaban J connectivity index is 2.35. The molecule has 2 rings (SSSR count). The van der Waals surface area contributed by atoms with Gasteiger partial charge < -0.3 is 4.90 Å². The van der Waals surface area contributed by atoms with Crippen LogP contribution >= 0.6 is 11.3 Å². The summed E-state index contributed by atoms with van der Waals surface area (Å²) in [7, 11) is 0. The van der Waals surface area contributed by atoms with Crippen LogP contribution in [0.4, 0.5) is 0 Å². The molecule has 0 unspecified atom stereocenters. The highest BCUT2D eigenvalue weighted by Gasteiger charge is 2.14. The van der Waals surface area contributed by atoms with E-state index in [1.165, 1.54) is 4.88 Å². The Morgan fingerprint density at radius 3 is 2.50 bits per heavy atom. The number of aromatic nitrogens is 1. The second-order valence-corrected chi connectivity index (χ2v) is 5.92. The van der Waals surface area contributed by atoms with Gasteiger partial charge in [-0.3, -0.25) is 4.79 Å². The molecule has 0 fully saturated rings. The molecule has 2 aromatic rings. The van der Waals surface area contributed by atoms with Crippen LogP contribution in [0.25, 0.3) is 10.6 Å². The minimum Gasteiger partial charge on any atom is -0.339 e. The number of carbonyl (C=O) groups excluding carboxylic acids is 1. The minimum absolute atomic E-state index is 0.0850. The highest BCUT2D eigenvalue weighted by atomic mass is 32.1. The minimum atomic E-state index is 0.0850. The predicted molar refractivity (Wildman–Crippen MR) is 84.3 cm³/mol. The van der Waals surface area contributed by atoms with E-state index in [1.54, 1.807) is 11.3 Å². The first kappa shape index (κ1) is 14.7. The van der Waals surface area contributed by atoms with Crippen LogP contribution in [0.3, 0.4) is 0 Å². The van der Waals surface area contributed by atoms with Crippen LogP contribution in [-0.2, 0) is 0 Å². The van der Waals surface area contributed by atoms with Crippen LogP contribution in [0.5, 0.6) is 0 Å². The van der Waals surface area contributed by atoms with Gasteiger partial charge in [-0.25, -0.2) is 4.98 Å². The van der Waals surface area contributed by atoms with E-state index in [1.807, 2.05) is 49.9 Å². The molecule has 4 heteroatoms. The Morgan fingerprint density at radius 1 is 1.25 bits per heavy atom. The molecule has 0 saturated heterocycles. The zero-order chi connectivity index (χ0) is 14.7. The van der Waals surface area contributed by atoms with Crippen LogP contribution in [0.1, 0.15) is 34.8 Å². The van der Waals surface area contributed by atoms with Gasteiger partial charge >= 0.3 is 0 Å². The number of benzene rings is 1. The van der Waals surface area contributed by atoms with Gasteiger partial charge in [0.1, 0.15) is 5.01 Å². The second-order valence-electron chi connectivity index (χ2n) is 4.72. The summed E-state index contributed by atoms with van der Waals surface area (Å²) in [5.41, 5.74) is 2.81. The number of aryl methyl sites for hydroxylation is 2. The first-order chi connectivity index (χ1) is 9.56. The maximum Gasteiger partial charge on any atom is 0.253 e. The lowest BCUT2D eigenvalue weighted by molar-refractivity contribution is 0.0773. The number of amides is 1. The van der Waals surface area contributed by atoms with Crippen LogP contribution < -0.4 is 0 Å². The van der Waals surface area contributed by atoms with Crippen molar-refractivity contribution in [3.63, 3.8) is 0 Å². The molecule has 0 aliphatic rings. The SMILES string of the molecule is CCN(CC)C(=O)c1cccc(-c2nc(C)c(C)s2)c1. The van der Waals surface area contributed by atoms with E-state index in [4.69, 9.17) is 0 Å². The lowest BCUT2D eigenvalue weighted by Gasteiger charge is -2.18. The van der Waals surface area contributed by atoms with E-state index in [-0.39, 0.29) is 5.91 Å². The Morgan fingerprint density at radius 2 is 1.95 bits per heavy atom. The summed E-state index contributed by atoms with van der Waals surface area (Å²) < 4.78 is 0. The number of hydrogen-bond acceptors (Lipinski definition) is 3. The van der Waals surface area contributed by atoms with E-state index in [9.17, 15) is 4.79 Å². The number of rotatable bonds is 4. The summed E-state index contributed by atoms with van der Waals surface area (Å²) >= 11 is 1.67. The fourth-order valence-corrected chi connectivity index (χ4v) is 2.99. The van der Waals surface area contributed by atoms with Crippen LogP contribution in [0.15, 0.2) is 24.3 Å². The lowest BCUT2D eigenvalue weighted by Crippen LogP contribution is -2.30. The first-order valence-corrected chi connectivity index (χ1v) is 7.72. The Kier molecular flexibility index (Phi) is 4.55. The van der Waals surface area contributed by atoms with Crippen molar-refractivity contribution in [1.82, 2.24) is 9.88 Å². The molecule has 0 saturated carbocycles. The second kappa shape index (κ2) is 6.18. The average molecular weight is 288 g/mol. The Hall–Kier alpha value is -1.68. The molecule has 0 radical (unpaired) electrons. The molecular formula is C16H20N2OS. The zero-order valence-corrected chi connectivity index (χ0v) is 13.3. The molecule has 106 valence electrons. The van der Waals surface area contributed by atoms with Crippen molar-refractivity contribution in [1.29, 1.82) is 0 Å². The summed E-state index contributed by atoms with van der Waals surface area (Å²) in [6.45, 7) is 9.54. The molecular weight excluding hydrogens is 268 g/mol. The number of hydrogen-bond donors (Lipinski definition) is 0. The van der Waals surface area contributed by atoms with Gasteiger partial charge in [-0.2, -0.15) is 0 Å². The molecule has 0 atom stereocenters. The van der Waals surface area contributed by atoms with E-state index in [2.05, 4.69) is 11.9 Å². The topological polar surface area (TPSA) is 33.2 Å². The Bertz CT molecular complexity index is 595. The van der Waals surface area contributed by atoms with Crippen molar-refractivity contribution in [2.45, 2.75) is 27.7 Å². The summed E-state index contributed by atoms with van der Waals surface area (Å²) in [5, 5.41) is 0.981. The van der Waals surface area contributed by atoms with Gasteiger partial charge in [-0.15, -0.1) is 11.3 Å². The molecule has 3 nitrogen and oxygen atoms in total. The molecule has 1 amide bonds. The molecule has 1 heterocycles. The average Bonchev–Trinajstić information content (AvgIpc) is 2.80. The van der Waals surface area contributed by atoms with Gasteiger partial charge in [-0.1, -0.05) is 12.1 Å². The van der Waals surface area contributed by atoms with E-state index >= 15 is 0 Å². The predicted octanol–water partition coefficient (Wildman–Crippen LogP) is 3.91. The van der Waals surface area contributed by atoms with Crippen molar-refractivity contribution in [3.8, 4) is 10.6 Å². The first-order valence-electron chi connectivity index (χ1n) is 6.90. The third kappa shape index (κ3) is 2.90. The van der Waals surface area contributed by atoms with Crippen molar-refractivity contribution in [3.05, 3.63) is 40.4 Å². The number of nitrogens with zero attached hydrogens (tertiary/aromatic N) is 2. The van der Waals surface area contributed by atoms with Crippen LogP contribution in [0.2, 0.25) is 0 Å². The van der Waals surface area contributed by atoms with Crippen LogP contribution in [-0.4, -0.2) is 28.9 Å². The van der Waals surface area contributed by atoms with Crippen molar-refractivity contribution in [2.24, 2.45) is 0 Å². The van der Waals surface area contributed by atoms with Crippen molar-refractivity contribution < 1.29 is 4.79 Å². The highest BCUT2D eigenvalue weighted by Crippen LogP contribution is 2.28. The lowest BCUT2D eigenvalue weighted by atomic mass is 10.1. The van der Waals surface area contributed by atoms with Gasteiger partial charge in [0.25, 0.3) is 5.91 Å². The van der Waals surface area contributed by atoms with Gasteiger partial charge in [0.15, 0.2) is 0 Å². The third-order valence-corrected chi connectivity index (χ3v) is 4.56. The van der Waals surface area contributed by atoms with Gasteiger partial charge in [0.2, 0.25) is 0 Å². The maximum absolute atomic E-state index is 12.4. The van der Waals surface area contributed by atoms with Gasteiger partial charge in [0, 0.05) is 29.1 Å². The highest BCUT2D eigenvalue weighted by molar-refractivity contribution is 7.15.